The third-order valence-electron chi connectivity index (χ3n) is 3.79. The molecule has 1 amide bonds. The molecule has 108 valence electrons. The van der Waals surface area contributed by atoms with Crippen LogP contribution in [0.2, 0.25) is 0 Å². The van der Waals surface area contributed by atoms with Gasteiger partial charge in [0.25, 0.3) is 5.91 Å². The van der Waals surface area contributed by atoms with Crippen LogP contribution in [0.5, 0.6) is 0 Å². The normalized spacial score (nSPS) is 20.7. The van der Waals surface area contributed by atoms with Gasteiger partial charge in [0.05, 0.1) is 6.21 Å². The number of hydrogen-bond acceptors (Lipinski definition) is 3. The summed E-state index contributed by atoms with van der Waals surface area (Å²) >= 11 is 0. The monoisotopic (exact) mass is 282 g/mol. The Labute approximate surface area is 123 Å². The molecule has 1 aliphatic carbocycles. The number of hydrazone groups is 1. The average molecular weight is 282 g/mol. The molecule has 4 heteroatoms. The molecule has 0 spiro atoms. The largest absolute Gasteiger partial charge is 0.460 e. The Morgan fingerprint density at radius 1 is 1.29 bits per heavy atom. The Bertz CT molecular complexity index is 670. The van der Waals surface area contributed by atoms with Crippen LogP contribution in [0.3, 0.4) is 0 Å². The van der Waals surface area contributed by atoms with E-state index < -0.39 is 0 Å². The lowest BCUT2D eigenvalue weighted by Crippen LogP contribution is -2.17. The fraction of sp³-hybridized carbons (Fsp3) is 0.294. The van der Waals surface area contributed by atoms with Crippen LogP contribution in [0.1, 0.15) is 46.7 Å². The highest BCUT2D eigenvalue weighted by molar-refractivity contribution is 5.94. The molecule has 2 aromatic rings. The minimum Gasteiger partial charge on any atom is -0.460 e. The predicted molar refractivity (Wildman–Crippen MR) is 81.5 cm³/mol. The standard InChI is InChI=1S/C17H18N2O2/c1-11-3-5-13(6-4-11)17(20)19-18-10-14-7-8-16(21-14)15-9-12(15)2/h3-8,10,12,15H,9H2,1-2H3,(H,19,20)/b18-10-/t12-,15+/m1/s1. The van der Waals surface area contributed by atoms with Crippen molar-refractivity contribution < 1.29 is 9.21 Å². The first kappa shape index (κ1) is 13.6. The number of nitrogens with zero attached hydrogens (tertiary/aromatic N) is 1. The van der Waals surface area contributed by atoms with Gasteiger partial charge in [-0.15, -0.1) is 0 Å². The van der Waals surface area contributed by atoms with E-state index in [9.17, 15) is 4.79 Å². The van der Waals surface area contributed by atoms with Crippen LogP contribution in [0.25, 0.3) is 0 Å². The van der Waals surface area contributed by atoms with Gasteiger partial charge in [0.2, 0.25) is 0 Å². The van der Waals surface area contributed by atoms with Crippen LogP contribution < -0.4 is 5.43 Å². The number of rotatable bonds is 4. The fourth-order valence-electron chi connectivity index (χ4n) is 2.28. The van der Waals surface area contributed by atoms with Crippen molar-refractivity contribution in [3.63, 3.8) is 0 Å². The number of carbonyl (C=O) groups is 1. The zero-order valence-corrected chi connectivity index (χ0v) is 12.2. The highest BCUT2D eigenvalue weighted by Gasteiger charge is 2.36. The van der Waals surface area contributed by atoms with Gasteiger partial charge in [-0.3, -0.25) is 4.79 Å². The van der Waals surface area contributed by atoms with Crippen molar-refractivity contribution in [3.05, 3.63) is 59.0 Å². The molecule has 1 aromatic carbocycles. The molecule has 0 bridgehead atoms. The first-order valence-corrected chi connectivity index (χ1v) is 7.13. The second-order valence-corrected chi connectivity index (χ2v) is 5.62. The molecule has 1 N–H and O–H groups in total. The van der Waals surface area contributed by atoms with Gasteiger partial charge >= 0.3 is 0 Å². The van der Waals surface area contributed by atoms with Gasteiger partial charge < -0.3 is 4.42 Å². The highest BCUT2D eigenvalue weighted by atomic mass is 16.3. The van der Waals surface area contributed by atoms with Crippen molar-refractivity contribution in [2.45, 2.75) is 26.2 Å². The lowest BCUT2D eigenvalue weighted by atomic mass is 10.1. The zero-order valence-electron chi connectivity index (χ0n) is 12.2. The first-order valence-electron chi connectivity index (χ1n) is 7.13. The number of nitrogens with one attached hydrogen (secondary N) is 1. The van der Waals surface area contributed by atoms with Crippen molar-refractivity contribution >= 4 is 12.1 Å². The van der Waals surface area contributed by atoms with Gasteiger partial charge in [0, 0.05) is 11.5 Å². The summed E-state index contributed by atoms with van der Waals surface area (Å²) in [6.45, 7) is 4.19. The minimum atomic E-state index is -0.228. The molecule has 21 heavy (non-hydrogen) atoms. The first-order chi connectivity index (χ1) is 10.1. The third kappa shape index (κ3) is 3.21. The Kier molecular flexibility index (Phi) is 3.60. The molecular formula is C17H18N2O2. The van der Waals surface area contributed by atoms with Crippen LogP contribution in [0.4, 0.5) is 0 Å². The lowest BCUT2D eigenvalue weighted by molar-refractivity contribution is 0.0955. The lowest BCUT2D eigenvalue weighted by Gasteiger charge is -1.99. The molecule has 0 aliphatic heterocycles. The Balaban J connectivity index is 1.57. The molecule has 1 fully saturated rings. The van der Waals surface area contributed by atoms with Gasteiger partial charge in [-0.05, 0) is 43.5 Å². The molecule has 1 aromatic heterocycles. The van der Waals surface area contributed by atoms with E-state index in [0.29, 0.717) is 23.2 Å². The topological polar surface area (TPSA) is 54.6 Å². The molecule has 4 nitrogen and oxygen atoms in total. The van der Waals surface area contributed by atoms with E-state index in [1.54, 1.807) is 12.1 Å². The predicted octanol–water partition coefficient (Wildman–Crippen LogP) is 3.48. The van der Waals surface area contributed by atoms with Gasteiger partial charge in [0.15, 0.2) is 0 Å². The summed E-state index contributed by atoms with van der Waals surface area (Å²) in [5.41, 5.74) is 4.21. The number of benzene rings is 1. The van der Waals surface area contributed by atoms with Crippen LogP contribution in [0, 0.1) is 12.8 Å². The van der Waals surface area contributed by atoms with E-state index >= 15 is 0 Å². The summed E-state index contributed by atoms with van der Waals surface area (Å²) in [6.07, 6.45) is 2.72. The second kappa shape index (κ2) is 5.56. The third-order valence-corrected chi connectivity index (χ3v) is 3.79. The van der Waals surface area contributed by atoms with Crippen LogP contribution in [-0.4, -0.2) is 12.1 Å². The van der Waals surface area contributed by atoms with Crippen molar-refractivity contribution in [1.29, 1.82) is 0 Å². The number of hydrogen-bond donors (Lipinski definition) is 1. The van der Waals surface area contributed by atoms with E-state index in [2.05, 4.69) is 17.5 Å². The second-order valence-electron chi connectivity index (χ2n) is 5.62. The molecule has 0 radical (unpaired) electrons. The minimum absolute atomic E-state index is 0.228. The summed E-state index contributed by atoms with van der Waals surface area (Å²) in [4.78, 5) is 11.9. The number of carbonyl (C=O) groups excluding carboxylic acids is 1. The van der Waals surface area contributed by atoms with Crippen LogP contribution >= 0.6 is 0 Å². The SMILES string of the molecule is Cc1ccc(C(=O)N/N=C\c2ccc([C@H]3C[C@H]3C)o2)cc1. The number of furan rings is 1. The Morgan fingerprint density at radius 2 is 2.00 bits per heavy atom. The van der Waals surface area contributed by atoms with E-state index in [1.807, 2.05) is 31.2 Å². The zero-order chi connectivity index (χ0) is 14.8. The van der Waals surface area contributed by atoms with Gasteiger partial charge in [-0.2, -0.15) is 5.10 Å². The summed E-state index contributed by atoms with van der Waals surface area (Å²) in [7, 11) is 0. The maximum absolute atomic E-state index is 11.9. The Morgan fingerprint density at radius 3 is 2.67 bits per heavy atom. The molecule has 1 aliphatic rings. The number of amides is 1. The van der Waals surface area contributed by atoms with Crippen LogP contribution in [0.15, 0.2) is 45.9 Å². The van der Waals surface area contributed by atoms with E-state index in [-0.39, 0.29) is 5.91 Å². The average Bonchev–Trinajstić information content (AvgIpc) is 3.01. The van der Waals surface area contributed by atoms with Gasteiger partial charge in [-0.25, -0.2) is 5.43 Å². The molecule has 1 heterocycles. The molecule has 0 unspecified atom stereocenters. The van der Waals surface area contributed by atoms with Crippen molar-refractivity contribution in [3.8, 4) is 0 Å². The van der Waals surface area contributed by atoms with Crippen LogP contribution in [-0.2, 0) is 0 Å². The van der Waals surface area contributed by atoms with E-state index in [0.717, 1.165) is 11.3 Å². The molecule has 1 saturated carbocycles. The Hall–Kier alpha value is -2.36. The maximum atomic E-state index is 11.9. The van der Waals surface area contributed by atoms with Crippen molar-refractivity contribution in [2.75, 3.05) is 0 Å². The van der Waals surface area contributed by atoms with Crippen molar-refractivity contribution in [1.82, 2.24) is 5.43 Å². The molecule has 2 atom stereocenters. The van der Waals surface area contributed by atoms with E-state index in [1.165, 1.54) is 12.6 Å². The quantitative estimate of drug-likeness (QED) is 0.689. The maximum Gasteiger partial charge on any atom is 0.271 e. The highest BCUT2D eigenvalue weighted by Crippen LogP contribution is 2.47. The van der Waals surface area contributed by atoms with Gasteiger partial charge in [0.1, 0.15) is 11.5 Å². The molecular weight excluding hydrogens is 264 g/mol. The molecule has 3 rings (SSSR count). The summed E-state index contributed by atoms with van der Waals surface area (Å²) in [5, 5.41) is 3.93. The van der Waals surface area contributed by atoms with E-state index in [4.69, 9.17) is 4.42 Å². The summed E-state index contributed by atoms with van der Waals surface area (Å²) in [6, 6.07) is 11.2. The summed E-state index contributed by atoms with van der Waals surface area (Å²) in [5.74, 6) is 2.70. The molecule has 0 saturated heterocycles. The smallest absolute Gasteiger partial charge is 0.271 e. The van der Waals surface area contributed by atoms with Gasteiger partial charge in [-0.1, -0.05) is 24.6 Å². The fourth-order valence-corrected chi connectivity index (χ4v) is 2.28. The van der Waals surface area contributed by atoms with Crippen molar-refractivity contribution in [2.24, 2.45) is 11.0 Å². The number of aryl methyl sites for hydroxylation is 1. The summed E-state index contributed by atoms with van der Waals surface area (Å²) < 4.78 is 5.68.